The fraction of sp³-hybridized carbons (Fsp3) is 0.316. The average Bonchev–Trinajstić information content (AvgIpc) is 2.59. The van der Waals surface area contributed by atoms with Gasteiger partial charge in [0, 0.05) is 0 Å². The molecule has 0 aliphatic carbocycles. The summed E-state index contributed by atoms with van der Waals surface area (Å²) in [5.41, 5.74) is 3.19. The number of nitriles is 1. The van der Waals surface area contributed by atoms with Gasteiger partial charge in [0.1, 0.15) is 11.5 Å². The fourth-order valence-electron chi connectivity index (χ4n) is 2.62. The Labute approximate surface area is 132 Å². The number of rotatable bonds is 6. The van der Waals surface area contributed by atoms with E-state index in [-0.39, 0.29) is 5.92 Å². The summed E-state index contributed by atoms with van der Waals surface area (Å²) < 4.78 is 10.7. The van der Waals surface area contributed by atoms with Gasteiger partial charge in [-0.05, 0) is 41.7 Å². The molecule has 2 aromatic rings. The van der Waals surface area contributed by atoms with E-state index in [0.717, 1.165) is 34.6 Å². The van der Waals surface area contributed by atoms with Crippen LogP contribution in [-0.2, 0) is 12.8 Å². The summed E-state index contributed by atoms with van der Waals surface area (Å²) in [6.45, 7) is 2.09. The van der Waals surface area contributed by atoms with Crippen LogP contribution in [0.2, 0.25) is 0 Å². The molecule has 0 aromatic heterocycles. The smallest absolute Gasteiger partial charge is 0.122 e. The highest BCUT2D eigenvalue weighted by Crippen LogP contribution is 2.29. The van der Waals surface area contributed by atoms with Gasteiger partial charge in [-0.25, -0.2) is 0 Å². The summed E-state index contributed by atoms with van der Waals surface area (Å²) >= 11 is 0. The van der Waals surface area contributed by atoms with Crippen LogP contribution in [0.3, 0.4) is 0 Å². The van der Waals surface area contributed by atoms with E-state index in [9.17, 15) is 5.26 Å². The number of para-hydroxylation sites is 1. The van der Waals surface area contributed by atoms with Crippen molar-refractivity contribution in [2.45, 2.75) is 25.7 Å². The molecule has 0 radical (unpaired) electrons. The van der Waals surface area contributed by atoms with Crippen molar-refractivity contribution < 1.29 is 9.47 Å². The summed E-state index contributed by atoms with van der Waals surface area (Å²) in [6.07, 6.45) is 1.51. The summed E-state index contributed by atoms with van der Waals surface area (Å²) in [6, 6.07) is 16.2. The van der Waals surface area contributed by atoms with Gasteiger partial charge in [-0.15, -0.1) is 0 Å². The first kappa shape index (κ1) is 15.9. The van der Waals surface area contributed by atoms with Crippen LogP contribution >= 0.6 is 0 Å². The topological polar surface area (TPSA) is 42.2 Å². The minimum Gasteiger partial charge on any atom is -0.496 e. The van der Waals surface area contributed by atoms with Crippen LogP contribution < -0.4 is 9.47 Å². The summed E-state index contributed by atoms with van der Waals surface area (Å²) in [5.74, 6) is 1.50. The third kappa shape index (κ3) is 3.40. The highest BCUT2D eigenvalue weighted by atomic mass is 16.5. The second-order valence-electron chi connectivity index (χ2n) is 5.12. The molecule has 3 heteroatoms. The summed E-state index contributed by atoms with van der Waals surface area (Å²) in [7, 11) is 3.33. The fourth-order valence-corrected chi connectivity index (χ4v) is 2.62. The first-order valence-corrected chi connectivity index (χ1v) is 7.41. The first-order valence-electron chi connectivity index (χ1n) is 7.41. The Morgan fingerprint density at radius 2 is 1.68 bits per heavy atom. The maximum Gasteiger partial charge on any atom is 0.122 e. The number of ether oxygens (including phenoxy) is 2. The molecule has 0 aliphatic heterocycles. The number of aryl methyl sites for hydroxylation is 1. The van der Waals surface area contributed by atoms with Crippen molar-refractivity contribution in [3.05, 3.63) is 59.2 Å². The Bertz CT molecular complexity index is 673. The van der Waals surface area contributed by atoms with E-state index in [1.807, 2.05) is 36.4 Å². The Balaban J connectivity index is 2.31. The summed E-state index contributed by atoms with van der Waals surface area (Å²) in [4.78, 5) is 0. The Morgan fingerprint density at radius 1 is 1.00 bits per heavy atom. The first-order chi connectivity index (χ1) is 10.7. The number of nitrogens with zero attached hydrogens (tertiary/aromatic N) is 1. The molecule has 0 fully saturated rings. The zero-order valence-electron chi connectivity index (χ0n) is 13.3. The van der Waals surface area contributed by atoms with E-state index in [0.29, 0.717) is 6.42 Å². The number of methoxy groups -OCH3 is 2. The van der Waals surface area contributed by atoms with Crippen LogP contribution in [0.4, 0.5) is 0 Å². The van der Waals surface area contributed by atoms with Crippen LogP contribution in [0, 0.1) is 11.3 Å². The highest BCUT2D eigenvalue weighted by molar-refractivity contribution is 5.42. The maximum absolute atomic E-state index is 9.57. The lowest BCUT2D eigenvalue weighted by Crippen LogP contribution is -2.03. The molecular formula is C19H21NO2. The molecule has 0 N–H and O–H groups in total. The van der Waals surface area contributed by atoms with Gasteiger partial charge in [0.25, 0.3) is 0 Å². The molecule has 2 rings (SSSR count). The number of hydrogen-bond acceptors (Lipinski definition) is 3. The lowest BCUT2D eigenvalue weighted by molar-refractivity contribution is 0.408. The molecule has 0 spiro atoms. The van der Waals surface area contributed by atoms with E-state index in [1.165, 1.54) is 0 Å². The zero-order valence-corrected chi connectivity index (χ0v) is 13.3. The van der Waals surface area contributed by atoms with Crippen LogP contribution in [-0.4, -0.2) is 14.2 Å². The maximum atomic E-state index is 9.57. The molecule has 1 atom stereocenters. The monoisotopic (exact) mass is 295 g/mol. The third-order valence-corrected chi connectivity index (χ3v) is 3.86. The van der Waals surface area contributed by atoms with Crippen molar-refractivity contribution in [3.8, 4) is 17.6 Å². The van der Waals surface area contributed by atoms with Crippen molar-refractivity contribution in [2.24, 2.45) is 0 Å². The van der Waals surface area contributed by atoms with E-state index < -0.39 is 0 Å². The molecule has 0 aliphatic rings. The minimum atomic E-state index is -0.201. The standard InChI is InChI=1S/C19H21NO2/c1-4-14-11-15(9-10-19(14)22-3)17(13-20)12-16-7-5-6-8-18(16)21-2/h5-11,17H,4,12H2,1-3H3. The number of hydrogen-bond donors (Lipinski definition) is 0. The van der Waals surface area contributed by atoms with Gasteiger partial charge in [-0.3, -0.25) is 0 Å². The molecule has 22 heavy (non-hydrogen) atoms. The van der Waals surface area contributed by atoms with Crippen LogP contribution in [0.15, 0.2) is 42.5 Å². The molecule has 0 heterocycles. The van der Waals surface area contributed by atoms with Gasteiger partial charge in [0.2, 0.25) is 0 Å². The predicted molar refractivity (Wildman–Crippen MR) is 87.4 cm³/mol. The average molecular weight is 295 g/mol. The van der Waals surface area contributed by atoms with Crippen molar-refractivity contribution in [1.82, 2.24) is 0 Å². The predicted octanol–water partition coefficient (Wildman–Crippen LogP) is 4.12. The number of benzene rings is 2. The van der Waals surface area contributed by atoms with E-state index in [4.69, 9.17) is 9.47 Å². The van der Waals surface area contributed by atoms with Gasteiger partial charge in [-0.2, -0.15) is 5.26 Å². The van der Waals surface area contributed by atoms with E-state index in [1.54, 1.807) is 14.2 Å². The second kappa shape index (κ2) is 7.51. The molecule has 114 valence electrons. The molecule has 3 nitrogen and oxygen atoms in total. The Morgan fingerprint density at radius 3 is 2.32 bits per heavy atom. The summed E-state index contributed by atoms with van der Waals surface area (Å²) in [5, 5.41) is 9.57. The van der Waals surface area contributed by atoms with Gasteiger partial charge in [0.05, 0.1) is 26.2 Å². The molecule has 0 bridgehead atoms. The molecule has 0 amide bonds. The van der Waals surface area contributed by atoms with Crippen molar-refractivity contribution in [1.29, 1.82) is 5.26 Å². The van der Waals surface area contributed by atoms with Crippen molar-refractivity contribution in [2.75, 3.05) is 14.2 Å². The van der Waals surface area contributed by atoms with Crippen molar-refractivity contribution in [3.63, 3.8) is 0 Å². The lowest BCUT2D eigenvalue weighted by Gasteiger charge is -2.15. The lowest BCUT2D eigenvalue weighted by atomic mass is 9.91. The van der Waals surface area contributed by atoms with Crippen LogP contribution in [0.5, 0.6) is 11.5 Å². The third-order valence-electron chi connectivity index (χ3n) is 3.86. The molecule has 2 aromatic carbocycles. The van der Waals surface area contributed by atoms with Gasteiger partial charge < -0.3 is 9.47 Å². The zero-order chi connectivity index (χ0) is 15.9. The highest BCUT2D eigenvalue weighted by Gasteiger charge is 2.15. The SMILES string of the molecule is CCc1cc(C(C#N)Cc2ccccc2OC)ccc1OC. The van der Waals surface area contributed by atoms with E-state index in [2.05, 4.69) is 19.1 Å². The second-order valence-corrected chi connectivity index (χ2v) is 5.12. The molecule has 0 saturated carbocycles. The van der Waals surface area contributed by atoms with E-state index >= 15 is 0 Å². The van der Waals surface area contributed by atoms with Gasteiger partial charge in [-0.1, -0.05) is 37.3 Å². The minimum absolute atomic E-state index is 0.201. The Kier molecular flexibility index (Phi) is 5.43. The normalized spacial score (nSPS) is 11.5. The Hall–Kier alpha value is -2.47. The quantitative estimate of drug-likeness (QED) is 0.805. The van der Waals surface area contributed by atoms with Crippen molar-refractivity contribution >= 4 is 0 Å². The van der Waals surface area contributed by atoms with Gasteiger partial charge >= 0.3 is 0 Å². The van der Waals surface area contributed by atoms with Crippen LogP contribution in [0.25, 0.3) is 0 Å². The van der Waals surface area contributed by atoms with Crippen LogP contribution in [0.1, 0.15) is 29.5 Å². The molecule has 1 unspecified atom stereocenters. The van der Waals surface area contributed by atoms with Gasteiger partial charge in [0.15, 0.2) is 0 Å². The largest absolute Gasteiger partial charge is 0.496 e. The molecule has 0 saturated heterocycles. The molecular weight excluding hydrogens is 274 g/mol.